The second-order valence-electron chi connectivity index (χ2n) is 9.94. The van der Waals surface area contributed by atoms with E-state index < -0.39 is 91.8 Å². The van der Waals surface area contributed by atoms with Gasteiger partial charge in [0.15, 0.2) is 29.5 Å². The molecule has 0 bridgehead atoms. The minimum Gasteiger partial charge on any atom is -0.507 e. The van der Waals surface area contributed by atoms with Crippen LogP contribution in [0.2, 0.25) is 0 Å². The fourth-order valence-electron chi connectivity index (χ4n) is 4.53. The molecule has 2 aromatic rings. The van der Waals surface area contributed by atoms with Gasteiger partial charge in [-0.05, 0) is 30.3 Å². The fraction of sp³-hybridized carbons (Fsp3) is 0.481. The van der Waals surface area contributed by atoms with Crippen LogP contribution in [0.5, 0.6) is 28.7 Å². The first-order valence-electron chi connectivity index (χ1n) is 13.0. The van der Waals surface area contributed by atoms with Crippen LogP contribution in [-0.4, -0.2) is 136 Å². The molecule has 2 fully saturated rings. The summed E-state index contributed by atoms with van der Waals surface area (Å²) in [6.45, 7) is -2.18. The van der Waals surface area contributed by atoms with Crippen LogP contribution in [0.15, 0.2) is 30.3 Å². The third kappa shape index (κ3) is 6.59. The fourth-order valence-corrected chi connectivity index (χ4v) is 4.53. The number of aliphatic hydroxyl groups is 5. The Labute approximate surface area is 248 Å². The van der Waals surface area contributed by atoms with E-state index in [1.807, 2.05) is 0 Å². The van der Waals surface area contributed by atoms with Crippen LogP contribution >= 0.6 is 0 Å². The number of hydrogen-bond donors (Lipinski definition) is 8. The molecule has 44 heavy (non-hydrogen) atoms. The third-order valence-electron chi connectivity index (χ3n) is 7.04. The summed E-state index contributed by atoms with van der Waals surface area (Å²) in [6, 6.07) is 5.50. The smallest absolute Gasteiger partial charge is 0.339 e. The quantitative estimate of drug-likeness (QED) is 0.129. The summed E-state index contributed by atoms with van der Waals surface area (Å²) in [7, 11) is 2.51. The summed E-state index contributed by atoms with van der Waals surface area (Å²) < 4.78 is 37.3. The predicted molar refractivity (Wildman–Crippen MR) is 141 cm³/mol. The number of carboxylic acids is 1. The van der Waals surface area contributed by atoms with Crippen molar-refractivity contribution in [3.8, 4) is 28.7 Å². The summed E-state index contributed by atoms with van der Waals surface area (Å²) in [5.74, 6) is -3.71. The lowest BCUT2D eigenvalue weighted by Gasteiger charge is -2.42. The molecule has 2 saturated heterocycles. The Kier molecular flexibility index (Phi) is 10.0. The van der Waals surface area contributed by atoms with Gasteiger partial charge >= 0.3 is 11.9 Å². The monoisotopic (exact) mass is 628 g/mol. The first-order chi connectivity index (χ1) is 20.8. The highest BCUT2D eigenvalue weighted by molar-refractivity contribution is 5.91. The number of aromatic carboxylic acids is 1. The molecule has 2 heterocycles. The highest BCUT2D eigenvalue weighted by Crippen LogP contribution is 2.38. The number of carbonyl (C=O) groups is 2. The summed E-state index contributed by atoms with van der Waals surface area (Å²) in [6.07, 6.45) is -11.8. The van der Waals surface area contributed by atoms with Crippen molar-refractivity contribution >= 4 is 11.9 Å². The van der Waals surface area contributed by atoms with E-state index in [1.165, 1.54) is 32.4 Å². The number of methoxy groups -OCH3 is 2. The van der Waals surface area contributed by atoms with Crippen LogP contribution < -0.4 is 14.2 Å². The molecule has 2 aliphatic heterocycles. The highest BCUT2D eigenvalue weighted by atomic mass is 16.8. The van der Waals surface area contributed by atoms with Crippen LogP contribution in [0.3, 0.4) is 0 Å². The number of phenols is 2. The Hall–Kier alpha value is -3.94. The van der Waals surface area contributed by atoms with Gasteiger partial charge in [0, 0.05) is 0 Å². The van der Waals surface area contributed by atoms with E-state index in [2.05, 4.69) is 0 Å². The van der Waals surface area contributed by atoms with Crippen molar-refractivity contribution in [3.05, 3.63) is 41.5 Å². The minimum atomic E-state index is -2.22. The van der Waals surface area contributed by atoms with E-state index in [0.717, 1.165) is 12.1 Å². The molecule has 0 radical (unpaired) electrons. The van der Waals surface area contributed by atoms with Crippen molar-refractivity contribution in [3.63, 3.8) is 0 Å². The maximum atomic E-state index is 12.7. The zero-order chi connectivity index (χ0) is 32.3. The molecular formula is C27H32O17. The molecule has 0 saturated carbocycles. The number of rotatable bonds is 11. The lowest BCUT2D eigenvalue weighted by atomic mass is 9.98. The number of benzene rings is 2. The van der Waals surface area contributed by atoms with Gasteiger partial charge in [-0.15, -0.1) is 0 Å². The molecule has 242 valence electrons. The molecule has 8 N–H and O–H groups in total. The topological polar surface area (TPSA) is 261 Å². The zero-order valence-corrected chi connectivity index (χ0v) is 23.3. The van der Waals surface area contributed by atoms with E-state index in [-0.39, 0.29) is 28.6 Å². The summed E-state index contributed by atoms with van der Waals surface area (Å²) in [4.78, 5) is 24.1. The van der Waals surface area contributed by atoms with E-state index in [9.17, 15) is 50.4 Å². The Morgan fingerprint density at radius 3 is 2.25 bits per heavy atom. The van der Waals surface area contributed by atoms with Crippen molar-refractivity contribution in [2.75, 3.05) is 34.0 Å². The lowest BCUT2D eigenvalue weighted by Crippen LogP contribution is -2.62. The van der Waals surface area contributed by atoms with Gasteiger partial charge in [0.25, 0.3) is 0 Å². The molecule has 2 aromatic carbocycles. The number of aromatic hydroxyl groups is 2. The van der Waals surface area contributed by atoms with Crippen molar-refractivity contribution in [1.29, 1.82) is 0 Å². The molecule has 4 rings (SSSR count). The van der Waals surface area contributed by atoms with Crippen molar-refractivity contribution in [1.82, 2.24) is 0 Å². The van der Waals surface area contributed by atoms with Gasteiger partial charge in [0.1, 0.15) is 48.1 Å². The molecule has 0 aromatic heterocycles. The van der Waals surface area contributed by atoms with Crippen LogP contribution in [0, 0.1) is 0 Å². The van der Waals surface area contributed by atoms with Gasteiger partial charge in [-0.25, -0.2) is 9.59 Å². The third-order valence-corrected chi connectivity index (χ3v) is 7.04. The van der Waals surface area contributed by atoms with E-state index in [4.69, 9.17) is 33.2 Å². The van der Waals surface area contributed by atoms with Crippen molar-refractivity contribution in [2.24, 2.45) is 0 Å². The number of phenolic OH excluding ortho intramolecular Hbond substituents is 1. The maximum absolute atomic E-state index is 12.7. The van der Waals surface area contributed by atoms with Crippen LogP contribution in [0.25, 0.3) is 0 Å². The predicted octanol–water partition coefficient (Wildman–Crippen LogP) is -1.68. The Bertz CT molecular complexity index is 1320. The summed E-state index contributed by atoms with van der Waals surface area (Å²) in [5.41, 5.74) is -2.85. The summed E-state index contributed by atoms with van der Waals surface area (Å²) >= 11 is 0. The number of carboxylic acid groups (broad SMARTS) is 1. The molecule has 2 aliphatic rings. The lowest BCUT2D eigenvalue weighted by molar-refractivity contribution is -0.318. The molecule has 17 nitrogen and oxygen atoms in total. The van der Waals surface area contributed by atoms with Gasteiger partial charge in [-0.2, -0.15) is 0 Å². The van der Waals surface area contributed by atoms with Crippen LogP contribution in [0.1, 0.15) is 20.7 Å². The number of aliphatic hydroxyl groups excluding tert-OH is 4. The number of hydrogen-bond acceptors (Lipinski definition) is 16. The molecular weight excluding hydrogens is 596 g/mol. The normalized spacial score (nSPS) is 30.0. The number of esters is 1. The largest absolute Gasteiger partial charge is 0.507 e. The van der Waals surface area contributed by atoms with E-state index in [0.29, 0.717) is 0 Å². The molecule has 0 aliphatic carbocycles. The van der Waals surface area contributed by atoms with E-state index >= 15 is 0 Å². The average Bonchev–Trinajstić information content (AvgIpc) is 3.29. The molecule has 8 unspecified atom stereocenters. The number of carbonyl (C=O) groups excluding carboxylic acids is 1. The second kappa shape index (κ2) is 13.4. The molecule has 0 amide bonds. The van der Waals surface area contributed by atoms with E-state index in [1.54, 1.807) is 0 Å². The van der Waals surface area contributed by atoms with Crippen LogP contribution in [-0.2, 0) is 18.9 Å². The van der Waals surface area contributed by atoms with Gasteiger partial charge in [0.2, 0.25) is 12.0 Å². The SMILES string of the molecule is COc1cc(C(=O)OCC2(O)COC(OC3C(Oc4ccc(O)c(C(=O)O)c4)OC(CO)C(O)C3O)C2O)cc(OC)c1O. The molecule has 17 heteroatoms. The molecule has 8 atom stereocenters. The second-order valence-corrected chi connectivity index (χ2v) is 9.94. The standard InChI is InChI=1S/C27H32O17/c1-38-15-5-11(6-16(39-2)18(15)30)24(36)40-9-27(37)10-41-26(22(27)33)44-21-20(32)19(31)17(8-28)43-25(21)42-12-3-4-14(29)13(7-12)23(34)35/h3-7,17,19-22,25-26,28-33,37H,8-10H2,1-2H3,(H,34,35). The molecule has 0 spiro atoms. The highest BCUT2D eigenvalue weighted by Gasteiger charge is 2.54. The van der Waals surface area contributed by atoms with Gasteiger partial charge in [0.05, 0.1) is 33.0 Å². The van der Waals surface area contributed by atoms with Gasteiger partial charge in [-0.1, -0.05) is 0 Å². The van der Waals surface area contributed by atoms with Gasteiger partial charge in [-0.3, -0.25) is 0 Å². The Balaban J connectivity index is 1.48. The first-order valence-corrected chi connectivity index (χ1v) is 13.0. The summed E-state index contributed by atoms with van der Waals surface area (Å²) in [5, 5.41) is 81.7. The average molecular weight is 629 g/mol. The first kappa shape index (κ1) is 33.0. The Morgan fingerprint density at radius 1 is 1.00 bits per heavy atom. The van der Waals surface area contributed by atoms with Crippen LogP contribution in [0.4, 0.5) is 0 Å². The number of ether oxygens (including phenoxy) is 7. The minimum absolute atomic E-state index is 0.0881. The van der Waals surface area contributed by atoms with Crippen molar-refractivity contribution in [2.45, 2.75) is 48.7 Å². The Morgan fingerprint density at radius 2 is 1.66 bits per heavy atom. The zero-order valence-electron chi connectivity index (χ0n) is 23.3. The van der Waals surface area contributed by atoms with Crippen molar-refractivity contribution < 1.29 is 83.6 Å². The maximum Gasteiger partial charge on any atom is 0.339 e. The van der Waals surface area contributed by atoms with Gasteiger partial charge < -0.3 is 74.0 Å².